The molecular weight excluding hydrogens is 312 g/mol. The van der Waals surface area contributed by atoms with Crippen molar-refractivity contribution in [1.82, 2.24) is 15.0 Å². The maximum atomic E-state index is 12.6. The summed E-state index contributed by atoms with van der Waals surface area (Å²) in [4.78, 5) is 18.8. The molecule has 1 atom stereocenters. The number of likely N-dealkylation sites (tertiary alicyclic amines) is 1. The van der Waals surface area contributed by atoms with Gasteiger partial charge in [0.2, 0.25) is 0 Å². The highest BCUT2D eigenvalue weighted by Crippen LogP contribution is 2.33. The summed E-state index contributed by atoms with van der Waals surface area (Å²) >= 11 is 1.48. The molecule has 1 N–H and O–H groups in total. The normalized spacial score (nSPS) is 17.8. The number of rotatable bonds is 2. The lowest BCUT2D eigenvalue weighted by atomic mass is 10.1. The highest BCUT2D eigenvalue weighted by molar-refractivity contribution is 7.22. The van der Waals surface area contributed by atoms with E-state index in [0.717, 1.165) is 34.5 Å². The number of aryl methyl sites for hydroxylation is 1. The summed E-state index contributed by atoms with van der Waals surface area (Å²) in [5, 5.41) is 7.46. The van der Waals surface area contributed by atoms with E-state index >= 15 is 0 Å². The fraction of sp³-hybridized carbons (Fsp3) is 0.312. The van der Waals surface area contributed by atoms with Gasteiger partial charge in [0.25, 0.3) is 0 Å². The second-order valence-electron chi connectivity index (χ2n) is 5.64. The minimum atomic E-state index is -0.138. The number of amides is 2. The van der Waals surface area contributed by atoms with Gasteiger partial charge in [-0.1, -0.05) is 28.6 Å². The smallest absolute Gasteiger partial charge is 0.324 e. The van der Waals surface area contributed by atoms with E-state index in [9.17, 15) is 4.79 Å². The molecule has 0 bridgehead atoms. The molecule has 2 amide bonds. The molecule has 6 nitrogen and oxygen atoms in total. The van der Waals surface area contributed by atoms with E-state index in [1.54, 1.807) is 4.90 Å². The number of nitrogens with one attached hydrogen (secondary N) is 1. The summed E-state index contributed by atoms with van der Waals surface area (Å²) < 4.78 is 6.40. The monoisotopic (exact) mass is 328 g/mol. The van der Waals surface area contributed by atoms with Crippen molar-refractivity contribution < 1.29 is 9.32 Å². The summed E-state index contributed by atoms with van der Waals surface area (Å²) in [6.45, 7) is 2.59. The van der Waals surface area contributed by atoms with Gasteiger partial charge in [-0.05, 0) is 31.9 Å². The van der Waals surface area contributed by atoms with Crippen LogP contribution >= 0.6 is 11.3 Å². The Hall–Kier alpha value is -2.41. The standard InChI is InChI=1S/C16H16N4O2S/c1-10-9-13(22-19-10)12-6-4-8-20(12)16(21)18-15-17-11-5-2-3-7-14(11)23-15/h2-3,5,7,9,12H,4,6,8H2,1H3,(H,17,18,21)/t12-/m1/s1. The number of urea groups is 1. The molecule has 1 aromatic carbocycles. The van der Waals surface area contributed by atoms with Gasteiger partial charge in [0.15, 0.2) is 10.9 Å². The van der Waals surface area contributed by atoms with Crippen LogP contribution in [0.5, 0.6) is 0 Å². The number of fused-ring (bicyclic) bond motifs is 1. The van der Waals surface area contributed by atoms with Crippen LogP contribution in [0.4, 0.5) is 9.93 Å². The molecule has 0 aliphatic carbocycles. The van der Waals surface area contributed by atoms with Gasteiger partial charge in [0.1, 0.15) is 0 Å². The van der Waals surface area contributed by atoms with Crippen molar-refractivity contribution in [2.24, 2.45) is 0 Å². The zero-order chi connectivity index (χ0) is 15.8. The zero-order valence-corrected chi connectivity index (χ0v) is 13.5. The lowest BCUT2D eigenvalue weighted by molar-refractivity contribution is 0.195. The molecule has 7 heteroatoms. The predicted molar refractivity (Wildman–Crippen MR) is 88.6 cm³/mol. The largest absolute Gasteiger partial charge is 0.359 e. The lowest BCUT2D eigenvalue weighted by Gasteiger charge is -2.22. The van der Waals surface area contributed by atoms with E-state index in [1.807, 2.05) is 37.3 Å². The summed E-state index contributed by atoms with van der Waals surface area (Å²) in [5.41, 5.74) is 1.73. The molecule has 1 aliphatic heterocycles. The Morgan fingerprint density at radius 3 is 3.09 bits per heavy atom. The van der Waals surface area contributed by atoms with Crippen LogP contribution in [0, 0.1) is 6.92 Å². The number of hydrogen-bond acceptors (Lipinski definition) is 5. The number of benzene rings is 1. The molecule has 0 radical (unpaired) electrons. The first-order valence-electron chi connectivity index (χ1n) is 7.57. The molecular formula is C16H16N4O2S. The van der Waals surface area contributed by atoms with Gasteiger partial charge in [-0.3, -0.25) is 5.32 Å². The Labute approximate surface area is 137 Å². The maximum absolute atomic E-state index is 12.6. The lowest BCUT2D eigenvalue weighted by Crippen LogP contribution is -2.34. The van der Waals surface area contributed by atoms with Crippen molar-refractivity contribution in [3.05, 3.63) is 41.8 Å². The van der Waals surface area contributed by atoms with Gasteiger partial charge in [-0.15, -0.1) is 0 Å². The first-order chi connectivity index (χ1) is 11.2. The van der Waals surface area contributed by atoms with Crippen molar-refractivity contribution in [3.8, 4) is 0 Å². The van der Waals surface area contributed by atoms with Crippen molar-refractivity contribution in [3.63, 3.8) is 0 Å². The zero-order valence-electron chi connectivity index (χ0n) is 12.7. The summed E-state index contributed by atoms with van der Waals surface area (Å²) in [6.07, 6.45) is 1.85. The quantitative estimate of drug-likeness (QED) is 0.773. The Kier molecular flexibility index (Phi) is 3.49. The Morgan fingerprint density at radius 2 is 2.30 bits per heavy atom. The molecule has 0 spiro atoms. The van der Waals surface area contributed by atoms with Crippen LogP contribution in [-0.2, 0) is 0 Å². The van der Waals surface area contributed by atoms with E-state index in [1.165, 1.54) is 11.3 Å². The van der Waals surface area contributed by atoms with Crippen LogP contribution in [0.3, 0.4) is 0 Å². The number of aromatic nitrogens is 2. The second kappa shape index (κ2) is 5.66. The van der Waals surface area contributed by atoms with Crippen molar-refractivity contribution in [1.29, 1.82) is 0 Å². The molecule has 3 heterocycles. The van der Waals surface area contributed by atoms with Crippen LogP contribution in [0.25, 0.3) is 10.2 Å². The van der Waals surface area contributed by atoms with Gasteiger partial charge >= 0.3 is 6.03 Å². The predicted octanol–water partition coefficient (Wildman–Crippen LogP) is 3.96. The van der Waals surface area contributed by atoms with E-state index in [0.29, 0.717) is 11.7 Å². The van der Waals surface area contributed by atoms with Crippen molar-refractivity contribution >= 4 is 32.7 Å². The highest BCUT2D eigenvalue weighted by Gasteiger charge is 2.33. The van der Waals surface area contributed by atoms with Gasteiger partial charge in [0, 0.05) is 12.6 Å². The number of carbonyl (C=O) groups is 1. The van der Waals surface area contributed by atoms with Crippen LogP contribution in [0.2, 0.25) is 0 Å². The number of nitrogens with zero attached hydrogens (tertiary/aromatic N) is 3. The molecule has 1 fully saturated rings. The number of carbonyl (C=O) groups excluding carboxylic acids is 1. The first kappa shape index (κ1) is 14.2. The third-order valence-corrected chi connectivity index (χ3v) is 4.95. The summed E-state index contributed by atoms with van der Waals surface area (Å²) in [5.74, 6) is 0.749. The maximum Gasteiger partial charge on any atom is 0.324 e. The van der Waals surface area contributed by atoms with Gasteiger partial charge < -0.3 is 9.42 Å². The molecule has 118 valence electrons. The van der Waals surface area contributed by atoms with Crippen molar-refractivity contribution in [2.45, 2.75) is 25.8 Å². The van der Waals surface area contributed by atoms with E-state index < -0.39 is 0 Å². The van der Waals surface area contributed by atoms with E-state index in [2.05, 4.69) is 15.5 Å². The van der Waals surface area contributed by atoms with E-state index in [4.69, 9.17) is 4.52 Å². The fourth-order valence-corrected chi connectivity index (χ4v) is 3.79. The first-order valence-corrected chi connectivity index (χ1v) is 8.39. The SMILES string of the molecule is Cc1cc([C@H]2CCCN2C(=O)Nc2nc3ccccc3s2)on1. The van der Waals surface area contributed by atoms with Gasteiger partial charge in [0.05, 0.1) is 22.0 Å². The van der Waals surface area contributed by atoms with E-state index in [-0.39, 0.29) is 12.1 Å². The second-order valence-corrected chi connectivity index (χ2v) is 6.67. The summed E-state index contributed by atoms with van der Waals surface area (Å²) in [6, 6.07) is 9.56. The summed E-state index contributed by atoms with van der Waals surface area (Å²) in [7, 11) is 0. The Bertz CT molecular complexity index is 824. The molecule has 1 saturated heterocycles. The molecule has 3 aromatic rings. The minimum Gasteiger partial charge on any atom is -0.359 e. The Balaban J connectivity index is 1.53. The molecule has 0 saturated carbocycles. The topological polar surface area (TPSA) is 71.3 Å². The van der Waals surface area contributed by atoms with Crippen LogP contribution in [0.1, 0.15) is 30.3 Å². The minimum absolute atomic E-state index is 0.0504. The van der Waals surface area contributed by atoms with Crippen LogP contribution in [-0.4, -0.2) is 27.6 Å². The molecule has 4 rings (SSSR count). The number of para-hydroxylation sites is 1. The number of thiazole rings is 1. The molecule has 2 aromatic heterocycles. The molecule has 0 unspecified atom stereocenters. The molecule has 23 heavy (non-hydrogen) atoms. The third kappa shape index (κ3) is 2.68. The van der Waals surface area contributed by atoms with Gasteiger partial charge in [-0.2, -0.15) is 0 Å². The average Bonchev–Trinajstić information content (AvgIpc) is 3.24. The highest BCUT2D eigenvalue weighted by atomic mass is 32.1. The number of hydrogen-bond donors (Lipinski definition) is 1. The fourth-order valence-electron chi connectivity index (χ4n) is 2.93. The van der Waals surface area contributed by atoms with Crippen LogP contribution < -0.4 is 5.32 Å². The molecule has 1 aliphatic rings. The average molecular weight is 328 g/mol. The van der Waals surface area contributed by atoms with Gasteiger partial charge in [-0.25, -0.2) is 9.78 Å². The van der Waals surface area contributed by atoms with Crippen molar-refractivity contribution in [2.75, 3.05) is 11.9 Å². The third-order valence-electron chi connectivity index (χ3n) is 4.00. The number of anilines is 1. The van der Waals surface area contributed by atoms with Crippen LogP contribution in [0.15, 0.2) is 34.9 Å². The Morgan fingerprint density at radius 1 is 1.43 bits per heavy atom.